The summed E-state index contributed by atoms with van der Waals surface area (Å²) in [7, 11) is 0. The van der Waals surface area contributed by atoms with Gasteiger partial charge in [0.25, 0.3) is 5.56 Å². The van der Waals surface area contributed by atoms with E-state index in [1.807, 2.05) is 6.92 Å². The summed E-state index contributed by atoms with van der Waals surface area (Å²) in [5.74, 6) is -2.33. The third kappa shape index (κ3) is 2.68. The molecule has 23 heavy (non-hydrogen) atoms. The van der Waals surface area contributed by atoms with E-state index in [1.54, 1.807) is 6.07 Å². The maximum Gasteiger partial charge on any atom is 0.262 e. The van der Waals surface area contributed by atoms with E-state index in [0.29, 0.717) is 16.3 Å². The van der Waals surface area contributed by atoms with Crippen molar-refractivity contribution in [3.8, 4) is 0 Å². The molecule has 0 bridgehead atoms. The van der Waals surface area contributed by atoms with Crippen molar-refractivity contribution < 1.29 is 13.6 Å². The van der Waals surface area contributed by atoms with Crippen LogP contribution in [-0.4, -0.2) is 15.3 Å². The van der Waals surface area contributed by atoms with Crippen molar-refractivity contribution in [2.45, 2.75) is 19.9 Å². The quantitative estimate of drug-likeness (QED) is 0.689. The van der Waals surface area contributed by atoms with Gasteiger partial charge in [-0.2, -0.15) is 0 Å². The maximum absolute atomic E-state index is 13.8. The first-order valence-corrected chi connectivity index (χ1v) is 7.66. The Morgan fingerprint density at radius 2 is 2.04 bits per heavy atom. The van der Waals surface area contributed by atoms with E-state index in [-0.39, 0.29) is 11.1 Å². The highest BCUT2D eigenvalue weighted by Crippen LogP contribution is 2.21. The number of carbonyl (C=O) groups excluding carboxylic acids is 1. The molecule has 2 heterocycles. The summed E-state index contributed by atoms with van der Waals surface area (Å²) in [5.41, 5.74) is -0.616. The summed E-state index contributed by atoms with van der Waals surface area (Å²) in [6.07, 6.45) is 1.28. The average molecular weight is 334 g/mol. The van der Waals surface area contributed by atoms with Gasteiger partial charge in [0, 0.05) is 10.9 Å². The standard InChI is InChI=1S/C16H12F2N2O2S/c1-8-5-12-15(23-8)19-7-20(16(12)22)9(2)14(21)11-4-3-10(17)6-13(11)18/h3-7,9H,1-2H3. The fourth-order valence-corrected chi connectivity index (χ4v) is 3.21. The minimum absolute atomic E-state index is 0.257. The third-order valence-corrected chi connectivity index (χ3v) is 4.55. The third-order valence-electron chi connectivity index (χ3n) is 3.59. The van der Waals surface area contributed by atoms with E-state index in [1.165, 1.54) is 29.2 Å². The van der Waals surface area contributed by atoms with Crippen LogP contribution < -0.4 is 5.56 Å². The molecule has 2 aromatic heterocycles. The first kappa shape index (κ1) is 15.5. The number of aromatic nitrogens is 2. The van der Waals surface area contributed by atoms with Gasteiger partial charge in [0.05, 0.1) is 23.3 Å². The Hall–Kier alpha value is -2.41. The van der Waals surface area contributed by atoms with E-state index < -0.39 is 23.5 Å². The van der Waals surface area contributed by atoms with Crippen molar-refractivity contribution in [1.29, 1.82) is 0 Å². The Kier molecular flexibility index (Phi) is 3.81. The minimum Gasteiger partial charge on any atom is -0.292 e. The van der Waals surface area contributed by atoms with Gasteiger partial charge in [-0.25, -0.2) is 13.8 Å². The highest BCUT2D eigenvalue weighted by molar-refractivity contribution is 7.18. The molecule has 0 saturated carbocycles. The molecule has 118 valence electrons. The van der Waals surface area contributed by atoms with Crippen molar-refractivity contribution in [3.05, 3.63) is 63.0 Å². The highest BCUT2D eigenvalue weighted by Gasteiger charge is 2.22. The zero-order valence-electron chi connectivity index (χ0n) is 12.3. The number of aryl methyl sites for hydroxylation is 1. The van der Waals surface area contributed by atoms with Gasteiger partial charge in [0.1, 0.15) is 16.5 Å². The van der Waals surface area contributed by atoms with Gasteiger partial charge in [0.15, 0.2) is 5.78 Å². The predicted octanol–water partition coefficient (Wildman–Crippen LogP) is 3.49. The smallest absolute Gasteiger partial charge is 0.262 e. The molecule has 0 aliphatic heterocycles. The van der Waals surface area contributed by atoms with Crippen molar-refractivity contribution in [1.82, 2.24) is 9.55 Å². The number of Topliss-reactive ketones (excluding diaryl/α,β-unsaturated/α-hetero) is 1. The number of ketones is 1. The summed E-state index contributed by atoms with van der Waals surface area (Å²) >= 11 is 1.38. The maximum atomic E-state index is 13.8. The van der Waals surface area contributed by atoms with Crippen LogP contribution in [0.3, 0.4) is 0 Å². The summed E-state index contributed by atoms with van der Waals surface area (Å²) in [4.78, 5) is 30.6. The first-order chi connectivity index (χ1) is 10.9. The Labute approximate surface area is 134 Å². The van der Waals surface area contributed by atoms with Crippen molar-refractivity contribution in [2.24, 2.45) is 0 Å². The van der Waals surface area contributed by atoms with Gasteiger partial charge < -0.3 is 0 Å². The van der Waals surface area contributed by atoms with Crippen LogP contribution >= 0.6 is 11.3 Å². The number of halogens is 2. The number of rotatable bonds is 3. The zero-order valence-corrected chi connectivity index (χ0v) is 13.2. The van der Waals surface area contributed by atoms with E-state index in [9.17, 15) is 18.4 Å². The Morgan fingerprint density at radius 3 is 2.74 bits per heavy atom. The molecule has 0 aliphatic rings. The lowest BCUT2D eigenvalue weighted by Crippen LogP contribution is -2.28. The molecule has 0 radical (unpaired) electrons. The first-order valence-electron chi connectivity index (χ1n) is 6.85. The number of carbonyl (C=O) groups is 1. The molecule has 7 heteroatoms. The fourth-order valence-electron chi connectivity index (χ4n) is 2.37. The molecule has 0 spiro atoms. The van der Waals surface area contributed by atoms with Crippen LogP contribution in [0, 0.1) is 18.6 Å². The van der Waals surface area contributed by atoms with Crippen LogP contribution in [0.1, 0.15) is 28.2 Å². The van der Waals surface area contributed by atoms with Gasteiger partial charge in [-0.05, 0) is 32.0 Å². The largest absolute Gasteiger partial charge is 0.292 e. The van der Waals surface area contributed by atoms with E-state index >= 15 is 0 Å². The second-order valence-corrected chi connectivity index (χ2v) is 6.43. The monoisotopic (exact) mass is 334 g/mol. The Morgan fingerprint density at radius 1 is 1.30 bits per heavy atom. The van der Waals surface area contributed by atoms with Crippen LogP contribution in [0.4, 0.5) is 8.78 Å². The molecule has 0 aliphatic carbocycles. The van der Waals surface area contributed by atoms with Gasteiger partial charge in [0.2, 0.25) is 0 Å². The van der Waals surface area contributed by atoms with Crippen LogP contribution in [0.5, 0.6) is 0 Å². The highest BCUT2D eigenvalue weighted by atomic mass is 32.1. The second kappa shape index (κ2) is 5.66. The number of benzene rings is 1. The molecule has 1 aromatic carbocycles. The number of nitrogens with zero attached hydrogens (tertiary/aromatic N) is 2. The molecule has 0 amide bonds. The lowest BCUT2D eigenvalue weighted by atomic mass is 10.0. The summed E-state index contributed by atoms with van der Waals surface area (Å²) in [6, 6.07) is 3.50. The molecule has 0 fully saturated rings. The molecule has 1 unspecified atom stereocenters. The van der Waals surface area contributed by atoms with E-state index in [4.69, 9.17) is 0 Å². The second-order valence-electron chi connectivity index (χ2n) is 5.20. The van der Waals surface area contributed by atoms with Crippen LogP contribution in [-0.2, 0) is 0 Å². The SMILES string of the molecule is Cc1cc2c(=O)n(C(C)C(=O)c3ccc(F)cc3F)cnc2s1. The minimum atomic E-state index is -0.949. The van der Waals surface area contributed by atoms with E-state index in [0.717, 1.165) is 17.0 Å². The molecule has 1 atom stereocenters. The lowest BCUT2D eigenvalue weighted by molar-refractivity contribution is 0.0928. The Bertz CT molecular complexity index is 978. The molecule has 3 aromatic rings. The number of fused-ring (bicyclic) bond motifs is 1. The molecular weight excluding hydrogens is 322 g/mol. The van der Waals surface area contributed by atoms with Crippen LogP contribution in [0.25, 0.3) is 10.2 Å². The van der Waals surface area contributed by atoms with Gasteiger partial charge in [-0.15, -0.1) is 11.3 Å². The molecule has 4 nitrogen and oxygen atoms in total. The average Bonchev–Trinajstić information content (AvgIpc) is 2.88. The van der Waals surface area contributed by atoms with Gasteiger partial charge in [-0.3, -0.25) is 14.2 Å². The summed E-state index contributed by atoms with van der Waals surface area (Å²) in [5, 5.41) is 0.425. The molecular formula is C16H12F2N2O2S. The molecule has 0 N–H and O–H groups in total. The summed E-state index contributed by atoms with van der Waals surface area (Å²) < 4.78 is 27.9. The van der Waals surface area contributed by atoms with Gasteiger partial charge >= 0.3 is 0 Å². The topological polar surface area (TPSA) is 52.0 Å². The normalized spacial score (nSPS) is 12.5. The van der Waals surface area contributed by atoms with Gasteiger partial charge in [-0.1, -0.05) is 0 Å². The summed E-state index contributed by atoms with van der Waals surface area (Å²) in [6.45, 7) is 3.35. The van der Waals surface area contributed by atoms with Crippen molar-refractivity contribution >= 4 is 27.3 Å². The van der Waals surface area contributed by atoms with Crippen molar-refractivity contribution in [3.63, 3.8) is 0 Å². The predicted molar refractivity (Wildman–Crippen MR) is 84.0 cm³/mol. The Balaban J connectivity index is 2.06. The lowest BCUT2D eigenvalue weighted by Gasteiger charge is -2.14. The number of hydrogen-bond donors (Lipinski definition) is 0. The molecule has 3 rings (SSSR count). The van der Waals surface area contributed by atoms with Crippen molar-refractivity contribution in [2.75, 3.05) is 0 Å². The fraction of sp³-hybridized carbons (Fsp3) is 0.188. The zero-order chi connectivity index (χ0) is 16.7. The molecule has 0 saturated heterocycles. The van der Waals surface area contributed by atoms with Crippen LogP contribution in [0.2, 0.25) is 0 Å². The number of thiophene rings is 1. The van der Waals surface area contributed by atoms with E-state index in [2.05, 4.69) is 4.98 Å². The number of hydrogen-bond acceptors (Lipinski definition) is 4. The van der Waals surface area contributed by atoms with Crippen LogP contribution in [0.15, 0.2) is 35.4 Å².